The highest BCUT2D eigenvalue weighted by molar-refractivity contribution is 5.78. The van der Waals surface area contributed by atoms with Gasteiger partial charge in [0.1, 0.15) is 6.54 Å². The van der Waals surface area contributed by atoms with Crippen LogP contribution in [0, 0.1) is 6.92 Å². The second-order valence-corrected chi connectivity index (χ2v) is 4.06. The van der Waals surface area contributed by atoms with E-state index in [0.717, 1.165) is 6.54 Å². The van der Waals surface area contributed by atoms with Crippen LogP contribution in [0.4, 0.5) is 0 Å². The molecule has 1 aromatic carbocycles. The molecule has 1 aromatic heterocycles. The summed E-state index contributed by atoms with van der Waals surface area (Å²) in [5.74, 6) is 0. The molecular weight excluding hydrogens is 182 g/mol. The first-order valence-corrected chi connectivity index (χ1v) is 5.70. The summed E-state index contributed by atoms with van der Waals surface area (Å²) >= 11 is 0. The van der Waals surface area contributed by atoms with E-state index in [9.17, 15) is 0 Å². The number of nitrogens with zero attached hydrogens (tertiary/aromatic N) is 1. The third-order valence-electron chi connectivity index (χ3n) is 2.90. The minimum Gasteiger partial charge on any atom is -0.198 e. The molecule has 0 atom stereocenters. The zero-order valence-corrected chi connectivity index (χ0v) is 9.53. The van der Waals surface area contributed by atoms with Gasteiger partial charge in [-0.05, 0) is 18.6 Å². The molecule has 15 heavy (non-hydrogen) atoms. The Kier molecular flexibility index (Phi) is 3.00. The molecule has 0 aliphatic heterocycles. The lowest BCUT2D eigenvalue weighted by molar-refractivity contribution is -0.671. The standard InChI is InChI=1S/C14H18N/c1-3-4-10-15-11-9-12(2)13-7-5-6-8-14(13)15/h5-9,11H,3-4,10H2,1-2H3/q+1. The van der Waals surface area contributed by atoms with Crippen molar-refractivity contribution in [1.82, 2.24) is 0 Å². The number of fused-ring (bicyclic) bond motifs is 1. The fourth-order valence-corrected chi connectivity index (χ4v) is 1.95. The van der Waals surface area contributed by atoms with E-state index in [0.29, 0.717) is 0 Å². The van der Waals surface area contributed by atoms with E-state index < -0.39 is 0 Å². The summed E-state index contributed by atoms with van der Waals surface area (Å²) in [5.41, 5.74) is 2.71. The second-order valence-electron chi connectivity index (χ2n) is 4.06. The molecule has 0 saturated carbocycles. The van der Waals surface area contributed by atoms with Crippen LogP contribution in [-0.2, 0) is 6.54 Å². The summed E-state index contributed by atoms with van der Waals surface area (Å²) in [6.07, 6.45) is 4.69. The summed E-state index contributed by atoms with van der Waals surface area (Å²) in [6.45, 7) is 5.53. The number of hydrogen-bond acceptors (Lipinski definition) is 0. The maximum Gasteiger partial charge on any atom is 0.212 e. The highest BCUT2D eigenvalue weighted by Gasteiger charge is 2.08. The van der Waals surface area contributed by atoms with Crippen molar-refractivity contribution in [2.24, 2.45) is 0 Å². The molecule has 1 heterocycles. The van der Waals surface area contributed by atoms with Crippen LogP contribution in [0.3, 0.4) is 0 Å². The molecule has 0 aliphatic carbocycles. The Labute approximate surface area is 91.4 Å². The highest BCUT2D eigenvalue weighted by atomic mass is 14.9. The molecule has 0 aliphatic rings. The third-order valence-corrected chi connectivity index (χ3v) is 2.90. The van der Waals surface area contributed by atoms with Crippen LogP contribution < -0.4 is 4.57 Å². The van der Waals surface area contributed by atoms with Gasteiger partial charge in [0, 0.05) is 23.9 Å². The average Bonchev–Trinajstić information content (AvgIpc) is 2.29. The molecule has 0 radical (unpaired) electrons. The largest absolute Gasteiger partial charge is 0.212 e. The van der Waals surface area contributed by atoms with Crippen LogP contribution in [0.1, 0.15) is 25.3 Å². The van der Waals surface area contributed by atoms with Gasteiger partial charge in [0.05, 0.1) is 0 Å². The number of rotatable bonds is 3. The zero-order valence-electron chi connectivity index (χ0n) is 9.53. The Morgan fingerprint density at radius 1 is 1.13 bits per heavy atom. The zero-order chi connectivity index (χ0) is 10.7. The fourth-order valence-electron chi connectivity index (χ4n) is 1.95. The number of hydrogen-bond donors (Lipinski definition) is 0. The van der Waals surface area contributed by atoms with Gasteiger partial charge in [-0.3, -0.25) is 0 Å². The van der Waals surface area contributed by atoms with Crippen LogP contribution in [-0.4, -0.2) is 0 Å². The topological polar surface area (TPSA) is 3.88 Å². The second kappa shape index (κ2) is 4.43. The maximum atomic E-state index is 2.35. The maximum absolute atomic E-state index is 2.35. The minimum atomic E-state index is 1.12. The summed E-state index contributed by atoms with van der Waals surface area (Å²) in [5, 5.41) is 1.37. The van der Waals surface area contributed by atoms with Crippen molar-refractivity contribution in [3.63, 3.8) is 0 Å². The predicted molar refractivity (Wildman–Crippen MR) is 63.8 cm³/mol. The lowest BCUT2D eigenvalue weighted by Gasteiger charge is -2.02. The molecule has 0 fully saturated rings. The molecule has 0 N–H and O–H groups in total. The molecule has 2 rings (SSSR count). The van der Waals surface area contributed by atoms with Crippen LogP contribution in [0.5, 0.6) is 0 Å². The van der Waals surface area contributed by atoms with Gasteiger partial charge in [-0.15, -0.1) is 0 Å². The van der Waals surface area contributed by atoms with Crippen molar-refractivity contribution in [3.8, 4) is 0 Å². The number of unbranched alkanes of at least 4 members (excludes halogenated alkanes) is 1. The number of aromatic nitrogens is 1. The number of benzene rings is 1. The molecule has 78 valence electrons. The Balaban J connectivity index is 2.51. The average molecular weight is 200 g/mol. The summed E-state index contributed by atoms with van der Waals surface area (Å²) in [7, 11) is 0. The van der Waals surface area contributed by atoms with Gasteiger partial charge in [0.15, 0.2) is 6.20 Å². The Bertz CT molecular complexity index is 460. The van der Waals surface area contributed by atoms with E-state index in [1.54, 1.807) is 0 Å². The summed E-state index contributed by atoms with van der Waals surface area (Å²) in [6, 6.07) is 10.8. The lowest BCUT2D eigenvalue weighted by Crippen LogP contribution is -2.34. The SMILES string of the molecule is CCCC[n+]1ccc(C)c2ccccc21. The smallest absolute Gasteiger partial charge is 0.198 e. The summed E-state index contributed by atoms with van der Waals surface area (Å²) < 4.78 is 2.35. The molecule has 0 spiro atoms. The van der Waals surface area contributed by atoms with E-state index in [-0.39, 0.29) is 0 Å². The third kappa shape index (κ3) is 2.01. The van der Waals surface area contributed by atoms with Gasteiger partial charge >= 0.3 is 0 Å². The van der Waals surface area contributed by atoms with E-state index in [2.05, 4.69) is 54.9 Å². The van der Waals surface area contributed by atoms with E-state index in [1.807, 2.05) is 0 Å². The van der Waals surface area contributed by atoms with Crippen LogP contribution >= 0.6 is 0 Å². The Hall–Kier alpha value is -1.37. The fraction of sp³-hybridized carbons (Fsp3) is 0.357. The van der Waals surface area contributed by atoms with E-state index >= 15 is 0 Å². The predicted octanol–water partition coefficient (Wildman–Crippen LogP) is 3.24. The van der Waals surface area contributed by atoms with Crippen molar-refractivity contribution in [3.05, 3.63) is 42.1 Å². The quantitative estimate of drug-likeness (QED) is 0.670. The van der Waals surface area contributed by atoms with Gasteiger partial charge in [0.25, 0.3) is 0 Å². The van der Waals surface area contributed by atoms with E-state index in [4.69, 9.17) is 0 Å². The molecule has 0 unspecified atom stereocenters. The van der Waals surface area contributed by atoms with Gasteiger partial charge in [-0.2, -0.15) is 4.57 Å². The Morgan fingerprint density at radius 3 is 2.73 bits per heavy atom. The first-order valence-electron chi connectivity index (χ1n) is 5.70. The van der Waals surface area contributed by atoms with Crippen LogP contribution in [0.25, 0.3) is 10.9 Å². The Morgan fingerprint density at radius 2 is 1.93 bits per heavy atom. The van der Waals surface area contributed by atoms with Crippen molar-refractivity contribution < 1.29 is 4.57 Å². The van der Waals surface area contributed by atoms with Crippen molar-refractivity contribution in [2.45, 2.75) is 33.2 Å². The minimum absolute atomic E-state index is 1.12. The first-order chi connectivity index (χ1) is 7.33. The molecule has 0 bridgehead atoms. The number of aryl methyl sites for hydroxylation is 2. The number of para-hydroxylation sites is 1. The normalized spacial score (nSPS) is 10.8. The number of pyridine rings is 1. The molecule has 1 heteroatoms. The van der Waals surface area contributed by atoms with Gasteiger partial charge in [-0.25, -0.2) is 0 Å². The molecular formula is C14H18N+. The summed E-state index contributed by atoms with van der Waals surface area (Å²) in [4.78, 5) is 0. The molecule has 1 nitrogen and oxygen atoms in total. The molecule has 2 aromatic rings. The molecule has 0 saturated heterocycles. The first kappa shape index (κ1) is 10.2. The van der Waals surface area contributed by atoms with Gasteiger partial charge in [-0.1, -0.05) is 25.5 Å². The van der Waals surface area contributed by atoms with Crippen molar-refractivity contribution >= 4 is 10.9 Å². The van der Waals surface area contributed by atoms with E-state index in [1.165, 1.54) is 29.3 Å². The van der Waals surface area contributed by atoms with Gasteiger partial charge < -0.3 is 0 Å². The van der Waals surface area contributed by atoms with Crippen molar-refractivity contribution in [1.29, 1.82) is 0 Å². The molecule has 0 amide bonds. The van der Waals surface area contributed by atoms with Gasteiger partial charge in [0.2, 0.25) is 5.52 Å². The lowest BCUT2D eigenvalue weighted by atomic mass is 10.1. The van der Waals surface area contributed by atoms with Crippen LogP contribution in [0.2, 0.25) is 0 Å². The highest BCUT2D eigenvalue weighted by Crippen LogP contribution is 2.13. The van der Waals surface area contributed by atoms with Crippen LogP contribution in [0.15, 0.2) is 36.5 Å². The monoisotopic (exact) mass is 200 g/mol. The van der Waals surface area contributed by atoms with Crippen molar-refractivity contribution in [2.75, 3.05) is 0 Å².